The van der Waals surface area contributed by atoms with Crippen LogP contribution in [0.1, 0.15) is 28.2 Å². The molecular formula is C10H13N5OS. The number of nitrogens with one attached hydrogen (secondary N) is 2. The first kappa shape index (κ1) is 11.7. The van der Waals surface area contributed by atoms with Gasteiger partial charge in [0, 0.05) is 12.2 Å². The van der Waals surface area contributed by atoms with Gasteiger partial charge in [0.2, 0.25) is 0 Å². The lowest BCUT2D eigenvalue weighted by Gasteiger charge is -2.02. The Hall–Kier alpha value is -1.76. The van der Waals surface area contributed by atoms with Crippen LogP contribution >= 0.6 is 11.7 Å². The molecule has 2 N–H and O–H groups in total. The summed E-state index contributed by atoms with van der Waals surface area (Å²) in [5.74, 6) is -0.164. The fourth-order valence-corrected chi connectivity index (χ4v) is 1.88. The van der Waals surface area contributed by atoms with E-state index < -0.39 is 0 Å². The van der Waals surface area contributed by atoms with Crippen molar-refractivity contribution in [3.8, 4) is 0 Å². The van der Waals surface area contributed by atoms with Crippen molar-refractivity contribution in [3.05, 3.63) is 29.3 Å². The minimum Gasteiger partial charge on any atom is -0.351 e. The summed E-state index contributed by atoms with van der Waals surface area (Å²) < 4.78 is 7.64. The third kappa shape index (κ3) is 3.10. The summed E-state index contributed by atoms with van der Waals surface area (Å²) in [6.07, 6.45) is 5.07. The number of hydrogen-bond acceptors (Lipinski definition) is 5. The smallest absolute Gasteiger partial charge is 0.272 e. The number of carbonyl (C=O) groups is 1. The minimum atomic E-state index is -0.164. The van der Waals surface area contributed by atoms with E-state index in [1.165, 1.54) is 11.8 Å². The van der Waals surface area contributed by atoms with Crippen molar-refractivity contribution in [2.75, 3.05) is 6.54 Å². The topological polar surface area (TPSA) is 83.6 Å². The molecule has 2 aromatic rings. The first-order valence-electron chi connectivity index (χ1n) is 5.32. The normalized spacial score (nSPS) is 10.4. The molecule has 0 aliphatic rings. The van der Waals surface area contributed by atoms with E-state index >= 15 is 0 Å². The van der Waals surface area contributed by atoms with Gasteiger partial charge in [-0.3, -0.25) is 9.89 Å². The van der Waals surface area contributed by atoms with Gasteiger partial charge in [-0.25, -0.2) is 0 Å². The second-order valence-electron chi connectivity index (χ2n) is 3.67. The second kappa shape index (κ2) is 5.53. The average Bonchev–Trinajstić information content (AvgIpc) is 2.96. The number of nitrogens with zero attached hydrogens (tertiary/aromatic N) is 3. The van der Waals surface area contributed by atoms with Gasteiger partial charge in [0.05, 0.1) is 24.1 Å². The minimum absolute atomic E-state index is 0.164. The lowest BCUT2D eigenvalue weighted by molar-refractivity contribution is 0.0949. The van der Waals surface area contributed by atoms with Crippen LogP contribution in [-0.4, -0.2) is 31.4 Å². The molecule has 0 fully saturated rings. The van der Waals surface area contributed by atoms with E-state index in [4.69, 9.17) is 0 Å². The lowest BCUT2D eigenvalue weighted by atomic mass is 10.1. The van der Waals surface area contributed by atoms with Gasteiger partial charge in [-0.05, 0) is 25.3 Å². The van der Waals surface area contributed by atoms with E-state index in [0.717, 1.165) is 30.3 Å². The summed E-state index contributed by atoms with van der Waals surface area (Å²) in [4.78, 5) is 11.5. The van der Waals surface area contributed by atoms with Crippen LogP contribution in [0.5, 0.6) is 0 Å². The molecule has 0 aliphatic heterocycles. The molecule has 0 spiro atoms. The van der Waals surface area contributed by atoms with Crippen LogP contribution in [0.2, 0.25) is 0 Å². The van der Waals surface area contributed by atoms with Gasteiger partial charge in [-0.1, -0.05) is 0 Å². The van der Waals surface area contributed by atoms with Crippen LogP contribution in [-0.2, 0) is 6.42 Å². The van der Waals surface area contributed by atoms with Crippen molar-refractivity contribution in [1.82, 2.24) is 24.3 Å². The highest BCUT2D eigenvalue weighted by Gasteiger charge is 2.07. The highest BCUT2D eigenvalue weighted by molar-refractivity contribution is 6.99. The van der Waals surface area contributed by atoms with Gasteiger partial charge < -0.3 is 5.32 Å². The monoisotopic (exact) mass is 251 g/mol. The van der Waals surface area contributed by atoms with Crippen molar-refractivity contribution >= 4 is 17.6 Å². The van der Waals surface area contributed by atoms with E-state index in [-0.39, 0.29) is 5.91 Å². The lowest BCUT2D eigenvalue weighted by Crippen LogP contribution is -2.25. The third-order valence-corrected chi connectivity index (χ3v) is 2.91. The molecule has 0 aromatic carbocycles. The van der Waals surface area contributed by atoms with Crippen LogP contribution < -0.4 is 5.32 Å². The van der Waals surface area contributed by atoms with E-state index in [9.17, 15) is 4.79 Å². The Bertz CT molecular complexity index is 479. The zero-order chi connectivity index (χ0) is 12.1. The first-order valence-corrected chi connectivity index (χ1v) is 6.05. The van der Waals surface area contributed by atoms with Crippen LogP contribution in [0.4, 0.5) is 0 Å². The molecule has 2 aromatic heterocycles. The molecule has 7 heteroatoms. The molecule has 2 rings (SSSR count). The van der Waals surface area contributed by atoms with Crippen LogP contribution in [0.25, 0.3) is 0 Å². The Morgan fingerprint density at radius 1 is 1.53 bits per heavy atom. The molecule has 0 radical (unpaired) electrons. The van der Waals surface area contributed by atoms with Gasteiger partial charge >= 0.3 is 0 Å². The molecule has 2 heterocycles. The molecule has 0 bridgehead atoms. The Morgan fingerprint density at radius 3 is 3.06 bits per heavy atom. The fourth-order valence-electron chi connectivity index (χ4n) is 1.46. The van der Waals surface area contributed by atoms with Crippen molar-refractivity contribution < 1.29 is 4.79 Å². The Morgan fingerprint density at radius 2 is 2.41 bits per heavy atom. The van der Waals surface area contributed by atoms with Crippen molar-refractivity contribution in [1.29, 1.82) is 0 Å². The predicted molar refractivity (Wildman–Crippen MR) is 63.9 cm³/mol. The number of hydrogen-bond donors (Lipinski definition) is 2. The summed E-state index contributed by atoms with van der Waals surface area (Å²) in [5, 5.41) is 9.63. The number of aromatic amines is 1. The van der Waals surface area contributed by atoms with Gasteiger partial charge in [0.15, 0.2) is 5.69 Å². The number of H-pyrrole nitrogens is 1. The van der Waals surface area contributed by atoms with Gasteiger partial charge in [-0.2, -0.15) is 13.8 Å². The largest absolute Gasteiger partial charge is 0.351 e. The summed E-state index contributed by atoms with van der Waals surface area (Å²) in [6.45, 7) is 2.61. The number of aromatic nitrogens is 4. The van der Waals surface area contributed by atoms with Crippen molar-refractivity contribution in [2.45, 2.75) is 19.8 Å². The highest BCUT2D eigenvalue weighted by Crippen LogP contribution is 2.05. The van der Waals surface area contributed by atoms with Crippen LogP contribution in [0.3, 0.4) is 0 Å². The number of carbonyl (C=O) groups excluding carboxylic acids is 1. The van der Waals surface area contributed by atoms with Crippen LogP contribution in [0.15, 0.2) is 12.4 Å². The molecule has 0 atom stereocenters. The number of amides is 1. The summed E-state index contributed by atoms with van der Waals surface area (Å²) >= 11 is 1.03. The molecule has 17 heavy (non-hydrogen) atoms. The first-order chi connectivity index (χ1) is 8.27. The maximum Gasteiger partial charge on any atom is 0.272 e. The summed E-state index contributed by atoms with van der Waals surface area (Å²) in [7, 11) is 0. The molecule has 0 unspecified atom stereocenters. The fraction of sp³-hybridized carbons (Fsp3) is 0.400. The maximum atomic E-state index is 11.5. The summed E-state index contributed by atoms with van der Waals surface area (Å²) in [6, 6.07) is 0. The molecule has 0 aliphatic carbocycles. The number of aryl methyl sites for hydroxylation is 2. The summed E-state index contributed by atoms with van der Waals surface area (Å²) in [5.41, 5.74) is 2.66. The zero-order valence-electron chi connectivity index (χ0n) is 9.43. The molecular weight excluding hydrogens is 238 g/mol. The SMILES string of the molecule is Cc1[nH]ncc1CCCNC(=O)c1cnsn1. The number of rotatable bonds is 5. The Kier molecular flexibility index (Phi) is 3.81. The molecule has 1 amide bonds. The Labute approximate surface area is 103 Å². The quantitative estimate of drug-likeness (QED) is 0.774. The van der Waals surface area contributed by atoms with Crippen molar-refractivity contribution in [3.63, 3.8) is 0 Å². The van der Waals surface area contributed by atoms with Crippen molar-refractivity contribution in [2.24, 2.45) is 0 Å². The highest BCUT2D eigenvalue weighted by atomic mass is 32.1. The van der Waals surface area contributed by atoms with Crippen LogP contribution in [0, 0.1) is 6.92 Å². The maximum absolute atomic E-state index is 11.5. The van der Waals surface area contributed by atoms with E-state index in [2.05, 4.69) is 24.3 Å². The Balaban J connectivity index is 1.70. The van der Waals surface area contributed by atoms with Gasteiger partial charge in [-0.15, -0.1) is 0 Å². The molecule has 0 saturated heterocycles. The van der Waals surface area contributed by atoms with Gasteiger partial charge in [0.25, 0.3) is 5.91 Å². The molecule has 6 nitrogen and oxygen atoms in total. The second-order valence-corrected chi connectivity index (χ2v) is 4.23. The van der Waals surface area contributed by atoms with E-state index in [1.807, 2.05) is 13.1 Å². The average molecular weight is 251 g/mol. The van der Waals surface area contributed by atoms with Gasteiger partial charge in [0.1, 0.15) is 0 Å². The molecule has 90 valence electrons. The van der Waals surface area contributed by atoms with E-state index in [1.54, 1.807) is 0 Å². The zero-order valence-corrected chi connectivity index (χ0v) is 10.3. The predicted octanol–water partition coefficient (Wildman–Crippen LogP) is 0.932. The molecule has 0 saturated carbocycles. The standard InChI is InChI=1S/C10H13N5OS/c1-7-8(5-12-14-7)3-2-4-11-10(16)9-6-13-17-15-9/h5-6H,2-4H2,1H3,(H,11,16)(H,12,14). The third-order valence-electron chi connectivity index (χ3n) is 2.44. The van der Waals surface area contributed by atoms with E-state index in [0.29, 0.717) is 12.2 Å².